The number of piperazine rings is 1. The van der Waals surface area contributed by atoms with Crippen LogP contribution in [-0.4, -0.2) is 46.9 Å². The highest BCUT2D eigenvalue weighted by Gasteiger charge is 2.60. The summed E-state index contributed by atoms with van der Waals surface area (Å²) >= 11 is 0. The molecular formula is C27H24F4N4O3. The Morgan fingerprint density at radius 3 is 2.29 bits per heavy atom. The van der Waals surface area contributed by atoms with Gasteiger partial charge >= 0.3 is 12.2 Å². The minimum atomic E-state index is -4.51. The topological polar surface area (TPSA) is 81.8 Å². The zero-order valence-corrected chi connectivity index (χ0v) is 20.1. The molecule has 5 rings (SSSR count). The molecule has 1 heterocycles. The van der Waals surface area contributed by atoms with Crippen LogP contribution < -0.4 is 15.5 Å². The number of carbonyl (C=O) groups excluding carboxylic acids is 3. The van der Waals surface area contributed by atoms with Crippen LogP contribution in [0.5, 0.6) is 0 Å². The molecule has 3 aliphatic rings. The van der Waals surface area contributed by atoms with Gasteiger partial charge < -0.3 is 15.5 Å². The number of halogens is 4. The molecule has 1 aliphatic heterocycles. The van der Waals surface area contributed by atoms with Gasteiger partial charge in [0.05, 0.1) is 11.3 Å². The van der Waals surface area contributed by atoms with E-state index in [0.717, 1.165) is 35.9 Å². The Hall–Kier alpha value is -4.07. The molecule has 1 spiro atoms. The number of hydrogen-bond donors (Lipinski definition) is 2. The fourth-order valence-electron chi connectivity index (χ4n) is 5.02. The van der Waals surface area contributed by atoms with Crippen LogP contribution in [0.1, 0.15) is 42.4 Å². The maximum atomic E-state index is 14.9. The van der Waals surface area contributed by atoms with Gasteiger partial charge in [-0.1, -0.05) is 18.1 Å². The highest BCUT2D eigenvalue weighted by molar-refractivity contribution is 6.10. The highest BCUT2D eigenvalue weighted by Crippen LogP contribution is 2.44. The van der Waals surface area contributed by atoms with E-state index in [1.165, 1.54) is 29.2 Å². The third kappa shape index (κ3) is 4.78. The Bertz CT molecular complexity index is 1330. The largest absolute Gasteiger partial charge is 0.416 e. The van der Waals surface area contributed by atoms with Gasteiger partial charge in [0.25, 0.3) is 5.91 Å². The SMILES string of the molecule is C#Cc1ccc(N2CC(=O)N(Cc3ccc(C(F)(F)F)cc3)C3(CC(NC(=O)NC4CC4)C3)C2=O)c(F)c1. The zero-order chi connectivity index (χ0) is 27.2. The molecule has 4 amide bonds. The lowest BCUT2D eigenvalue weighted by molar-refractivity contribution is -0.159. The van der Waals surface area contributed by atoms with E-state index in [1.54, 1.807) is 0 Å². The Kier molecular flexibility index (Phi) is 6.29. The molecule has 0 aromatic heterocycles. The van der Waals surface area contributed by atoms with E-state index in [-0.39, 0.29) is 42.7 Å². The van der Waals surface area contributed by atoms with Crippen LogP contribution in [-0.2, 0) is 22.3 Å². The molecule has 0 atom stereocenters. The molecule has 2 saturated carbocycles. The van der Waals surface area contributed by atoms with Crippen molar-refractivity contribution in [3.05, 3.63) is 65.0 Å². The van der Waals surface area contributed by atoms with Crippen molar-refractivity contribution < 1.29 is 31.9 Å². The average molecular weight is 529 g/mol. The average Bonchev–Trinajstić information content (AvgIpc) is 3.66. The standard InChI is InChI=1S/C27H24F4N4O3/c1-2-16-5-10-22(21(28)11-16)34-15-23(36)35(14-17-3-6-18(7-4-17)27(29,30)31)26(24(34)37)12-20(13-26)33-25(38)32-19-8-9-19/h1,3-7,10-11,19-20H,8-9,12-15H2,(H2,32,33,38). The van der Waals surface area contributed by atoms with Gasteiger partial charge in [-0.2, -0.15) is 13.2 Å². The summed E-state index contributed by atoms with van der Waals surface area (Å²) < 4.78 is 53.9. The summed E-state index contributed by atoms with van der Waals surface area (Å²) in [7, 11) is 0. The molecule has 2 aliphatic carbocycles. The van der Waals surface area contributed by atoms with Crippen molar-refractivity contribution in [3.8, 4) is 12.3 Å². The molecule has 7 nitrogen and oxygen atoms in total. The van der Waals surface area contributed by atoms with Crippen LogP contribution in [0.25, 0.3) is 0 Å². The van der Waals surface area contributed by atoms with E-state index >= 15 is 0 Å². The van der Waals surface area contributed by atoms with Gasteiger partial charge in [0.1, 0.15) is 17.9 Å². The minimum Gasteiger partial charge on any atom is -0.335 e. The van der Waals surface area contributed by atoms with Crippen molar-refractivity contribution in [2.45, 2.75) is 56.0 Å². The number of anilines is 1. The van der Waals surface area contributed by atoms with Crippen molar-refractivity contribution in [3.63, 3.8) is 0 Å². The summed E-state index contributed by atoms with van der Waals surface area (Å²) in [4.78, 5) is 41.9. The van der Waals surface area contributed by atoms with Crippen molar-refractivity contribution >= 4 is 23.5 Å². The lowest BCUT2D eigenvalue weighted by atomic mass is 9.68. The lowest BCUT2D eigenvalue weighted by Gasteiger charge is -2.56. The van der Waals surface area contributed by atoms with Crippen LogP contribution >= 0.6 is 0 Å². The van der Waals surface area contributed by atoms with Gasteiger partial charge in [-0.15, -0.1) is 6.42 Å². The first kappa shape index (κ1) is 25.6. The van der Waals surface area contributed by atoms with Gasteiger partial charge in [-0.25, -0.2) is 9.18 Å². The zero-order valence-electron chi connectivity index (χ0n) is 20.1. The smallest absolute Gasteiger partial charge is 0.335 e. The minimum absolute atomic E-state index is 0.0802. The van der Waals surface area contributed by atoms with Crippen LogP contribution in [0.15, 0.2) is 42.5 Å². The van der Waals surface area contributed by atoms with Gasteiger partial charge in [0, 0.05) is 37.0 Å². The van der Waals surface area contributed by atoms with E-state index in [4.69, 9.17) is 6.42 Å². The van der Waals surface area contributed by atoms with E-state index < -0.39 is 47.5 Å². The van der Waals surface area contributed by atoms with E-state index in [1.807, 2.05) is 0 Å². The number of terminal acetylenes is 1. The molecule has 0 unspecified atom stereocenters. The van der Waals surface area contributed by atoms with Crippen LogP contribution in [0, 0.1) is 18.2 Å². The number of carbonyl (C=O) groups is 3. The number of urea groups is 1. The van der Waals surface area contributed by atoms with Crippen molar-refractivity contribution in [2.24, 2.45) is 0 Å². The second-order valence-electron chi connectivity index (χ2n) is 9.91. The summed E-state index contributed by atoms with van der Waals surface area (Å²) in [6.45, 7) is -0.566. The van der Waals surface area contributed by atoms with E-state index in [9.17, 15) is 31.9 Å². The first-order valence-electron chi connectivity index (χ1n) is 12.1. The van der Waals surface area contributed by atoms with Gasteiger partial charge in [-0.05, 0) is 48.7 Å². The number of nitrogens with one attached hydrogen (secondary N) is 2. The van der Waals surface area contributed by atoms with Gasteiger partial charge in [0.15, 0.2) is 0 Å². The van der Waals surface area contributed by atoms with Crippen molar-refractivity contribution in [2.75, 3.05) is 11.4 Å². The monoisotopic (exact) mass is 528 g/mol. The molecule has 0 bridgehead atoms. The molecule has 198 valence electrons. The summed E-state index contributed by atoms with van der Waals surface area (Å²) in [5, 5.41) is 5.61. The number of benzene rings is 2. The normalized spacial score (nSPS) is 23.2. The number of amides is 4. The Labute approximate surface area is 216 Å². The summed E-state index contributed by atoms with van der Waals surface area (Å²) in [5.74, 6) is 0.527. The number of nitrogens with zero attached hydrogens (tertiary/aromatic N) is 2. The molecule has 0 radical (unpaired) electrons. The molecule has 1 saturated heterocycles. The third-order valence-corrected chi connectivity index (χ3v) is 7.20. The molecule has 2 aromatic rings. The Morgan fingerprint density at radius 2 is 1.71 bits per heavy atom. The molecule has 11 heteroatoms. The Balaban J connectivity index is 1.41. The summed E-state index contributed by atoms with van der Waals surface area (Å²) in [5.41, 5.74) is -1.65. The van der Waals surface area contributed by atoms with Crippen molar-refractivity contribution in [1.82, 2.24) is 15.5 Å². The van der Waals surface area contributed by atoms with Crippen LogP contribution in [0.2, 0.25) is 0 Å². The Morgan fingerprint density at radius 1 is 1.05 bits per heavy atom. The second-order valence-corrected chi connectivity index (χ2v) is 9.91. The number of hydrogen-bond acceptors (Lipinski definition) is 3. The lowest BCUT2D eigenvalue weighted by Crippen LogP contribution is -2.75. The van der Waals surface area contributed by atoms with Gasteiger partial charge in [0.2, 0.25) is 5.91 Å². The molecule has 2 N–H and O–H groups in total. The third-order valence-electron chi connectivity index (χ3n) is 7.20. The quantitative estimate of drug-likeness (QED) is 0.460. The molecule has 38 heavy (non-hydrogen) atoms. The predicted octanol–water partition coefficient (Wildman–Crippen LogP) is 3.56. The fraction of sp³-hybridized carbons (Fsp3) is 0.370. The summed E-state index contributed by atoms with van der Waals surface area (Å²) in [6, 6.07) is 7.59. The first-order chi connectivity index (χ1) is 18.0. The maximum absolute atomic E-state index is 14.9. The first-order valence-corrected chi connectivity index (χ1v) is 12.1. The second kappa shape index (κ2) is 9.35. The van der Waals surface area contributed by atoms with E-state index in [0.29, 0.717) is 5.56 Å². The number of rotatable bonds is 5. The molecule has 2 aromatic carbocycles. The van der Waals surface area contributed by atoms with E-state index in [2.05, 4.69) is 16.6 Å². The highest BCUT2D eigenvalue weighted by atomic mass is 19.4. The van der Waals surface area contributed by atoms with Crippen molar-refractivity contribution in [1.29, 1.82) is 0 Å². The fourth-order valence-corrected chi connectivity index (χ4v) is 5.02. The predicted molar refractivity (Wildman–Crippen MR) is 129 cm³/mol. The maximum Gasteiger partial charge on any atom is 0.416 e. The van der Waals surface area contributed by atoms with Gasteiger partial charge in [-0.3, -0.25) is 14.5 Å². The van der Waals surface area contributed by atoms with Crippen LogP contribution in [0.4, 0.5) is 28.0 Å². The number of alkyl halides is 3. The molecular weight excluding hydrogens is 504 g/mol. The van der Waals surface area contributed by atoms with Crippen LogP contribution in [0.3, 0.4) is 0 Å². The molecule has 3 fully saturated rings. The summed E-state index contributed by atoms with van der Waals surface area (Å²) in [6.07, 6.45) is 2.77.